The molecule has 1 rings (SSSR count). The number of carbonyl (C=O) groups excluding carboxylic acids is 1. The molecule has 1 N–H and O–H groups in total. The van der Waals surface area contributed by atoms with Crippen LogP contribution in [0.5, 0.6) is 0 Å². The van der Waals surface area contributed by atoms with Crippen LogP contribution in [-0.2, 0) is 0 Å². The predicted molar refractivity (Wildman–Crippen MR) is 58.3 cm³/mol. The molecule has 0 fully saturated rings. The summed E-state index contributed by atoms with van der Waals surface area (Å²) in [5.74, 6) is -0.358. The number of benzene rings is 1. The van der Waals surface area contributed by atoms with Crippen molar-refractivity contribution >= 4 is 5.91 Å². The number of hydrogen-bond donors (Lipinski definition) is 1. The first kappa shape index (κ1) is 11.7. The summed E-state index contributed by atoms with van der Waals surface area (Å²) < 4.78 is 0. The van der Waals surface area contributed by atoms with E-state index in [1.54, 1.807) is 32.0 Å². The molecular weight excluding hydrogens is 202 g/mol. The lowest BCUT2D eigenvalue weighted by atomic mass is 10.1. The average molecular weight is 213 g/mol. The van der Waals surface area contributed by atoms with E-state index in [0.717, 1.165) is 0 Å². The maximum absolute atomic E-state index is 11.7. The van der Waals surface area contributed by atoms with Gasteiger partial charge in [0.05, 0.1) is 17.7 Å². The van der Waals surface area contributed by atoms with E-state index in [9.17, 15) is 4.79 Å². The summed E-state index contributed by atoms with van der Waals surface area (Å²) in [6.07, 6.45) is 0. The molecule has 0 aliphatic carbocycles. The second-order valence-electron chi connectivity index (χ2n) is 3.88. The van der Waals surface area contributed by atoms with Crippen molar-refractivity contribution in [2.24, 2.45) is 0 Å². The Hall–Kier alpha value is -2.33. The standard InChI is InChI=1S/C12H11N3O/c1-12(2,8-14)15-11(16)10-5-3-4-9(6-10)7-13/h3-6H,1-2H3,(H,15,16). The Morgan fingerprint density at radius 3 is 2.62 bits per heavy atom. The summed E-state index contributed by atoms with van der Waals surface area (Å²) in [6.45, 7) is 3.22. The number of hydrogen-bond acceptors (Lipinski definition) is 3. The number of carbonyl (C=O) groups is 1. The van der Waals surface area contributed by atoms with E-state index in [-0.39, 0.29) is 5.91 Å². The van der Waals surface area contributed by atoms with Crippen molar-refractivity contribution in [2.75, 3.05) is 0 Å². The van der Waals surface area contributed by atoms with E-state index >= 15 is 0 Å². The molecule has 4 heteroatoms. The number of nitriles is 2. The molecule has 0 saturated carbocycles. The van der Waals surface area contributed by atoms with Gasteiger partial charge in [-0.3, -0.25) is 4.79 Å². The van der Waals surface area contributed by atoms with Gasteiger partial charge in [-0.1, -0.05) is 6.07 Å². The van der Waals surface area contributed by atoms with Gasteiger partial charge in [0.1, 0.15) is 5.54 Å². The number of nitrogens with one attached hydrogen (secondary N) is 1. The van der Waals surface area contributed by atoms with Gasteiger partial charge >= 0.3 is 0 Å². The van der Waals surface area contributed by atoms with E-state index in [0.29, 0.717) is 11.1 Å². The molecule has 1 aromatic rings. The van der Waals surface area contributed by atoms with Crippen LogP contribution >= 0.6 is 0 Å². The summed E-state index contributed by atoms with van der Waals surface area (Å²) in [4.78, 5) is 11.7. The third-order valence-electron chi connectivity index (χ3n) is 1.96. The first-order chi connectivity index (χ1) is 7.48. The molecule has 80 valence electrons. The lowest BCUT2D eigenvalue weighted by Gasteiger charge is -2.17. The van der Waals surface area contributed by atoms with Gasteiger partial charge in [0.15, 0.2) is 0 Å². The molecule has 1 aromatic carbocycles. The summed E-state index contributed by atoms with van der Waals surface area (Å²) in [7, 11) is 0. The van der Waals surface area contributed by atoms with E-state index in [1.165, 1.54) is 6.07 Å². The van der Waals surface area contributed by atoms with Gasteiger partial charge in [-0.2, -0.15) is 10.5 Å². The van der Waals surface area contributed by atoms with Crippen molar-refractivity contribution in [3.05, 3.63) is 35.4 Å². The van der Waals surface area contributed by atoms with Crippen LogP contribution in [0.3, 0.4) is 0 Å². The third kappa shape index (κ3) is 2.83. The SMILES string of the molecule is CC(C)(C#N)NC(=O)c1cccc(C#N)c1. The zero-order valence-corrected chi connectivity index (χ0v) is 9.11. The second kappa shape index (κ2) is 4.46. The zero-order chi connectivity index (χ0) is 12.2. The van der Waals surface area contributed by atoms with Gasteiger partial charge < -0.3 is 5.32 Å². The normalized spacial score (nSPS) is 10.0. The van der Waals surface area contributed by atoms with Crippen LogP contribution in [0.2, 0.25) is 0 Å². The average Bonchev–Trinajstić information content (AvgIpc) is 2.28. The topological polar surface area (TPSA) is 76.7 Å². The van der Waals surface area contributed by atoms with Crippen molar-refractivity contribution in [2.45, 2.75) is 19.4 Å². The molecule has 1 amide bonds. The number of rotatable bonds is 2. The van der Waals surface area contributed by atoms with Crippen LogP contribution in [0.4, 0.5) is 0 Å². The molecule has 0 aromatic heterocycles. The van der Waals surface area contributed by atoms with Crippen molar-refractivity contribution in [1.82, 2.24) is 5.32 Å². The fraction of sp³-hybridized carbons (Fsp3) is 0.250. The summed E-state index contributed by atoms with van der Waals surface area (Å²) in [6, 6.07) is 10.3. The predicted octanol–water partition coefficient (Wildman–Crippen LogP) is 1.59. The Morgan fingerprint density at radius 2 is 2.06 bits per heavy atom. The fourth-order valence-electron chi connectivity index (χ4n) is 1.11. The Morgan fingerprint density at radius 1 is 1.38 bits per heavy atom. The molecule has 0 unspecified atom stereocenters. The highest BCUT2D eigenvalue weighted by molar-refractivity contribution is 5.95. The lowest BCUT2D eigenvalue weighted by molar-refractivity contribution is 0.0929. The summed E-state index contributed by atoms with van der Waals surface area (Å²) in [5, 5.41) is 20.0. The highest BCUT2D eigenvalue weighted by Gasteiger charge is 2.20. The van der Waals surface area contributed by atoms with Crippen LogP contribution in [0, 0.1) is 22.7 Å². The number of nitrogens with zero attached hydrogens (tertiary/aromatic N) is 2. The molecular formula is C12H11N3O. The maximum Gasteiger partial charge on any atom is 0.252 e. The number of amides is 1. The van der Waals surface area contributed by atoms with E-state index in [1.807, 2.05) is 12.1 Å². The highest BCUT2D eigenvalue weighted by Crippen LogP contribution is 2.07. The van der Waals surface area contributed by atoms with Gasteiger partial charge in [0.2, 0.25) is 0 Å². The Balaban J connectivity index is 2.91. The molecule has 4 nitrogen and oxygen atoms in total. The maximum atomic E-state index is 11.7. The largest absolute Gasteiger partial charge is 0.334 e. The molecule has 0 heterocycles. The summed E-state index contributed by atoms with van der Waals surface area (Å²) >= 11 is 0. The molecule has 0 aliphatic rings. The van der Waals surface area contributed by atoms with E-state index in [4.69, 9.17) is 10.5 Å². The van der Waals surface area contributed by atoms with Gasteiger partial charge in [0.25, 0.3) is 5.91 Å². The molecule has 16 heavy (non-hydrogen) atoms. The van der Waals surface area contributed by atoms with E-state index < -0.39 is 5.54 Å². The highest BCUT2D eigenvalue weighted by atomic mass is 16.1. The third-order valence-corrected chi connectivity index (χ3v) is 1.96. The molecule has 0 bridgehead atoms. The van der Waals surface area contributed by atoms with Gasteiger partial charge in [-0.15, -0.1) is 0 Å². The Labute approximate surface area is 94.1 Å². The van der Waals surface area contributed by atoms with Gasteiger partial charge in [0, 0.05) is 5.56 Å². The van der Waals surface area contributed by atoms with Crippen molar-refractivity contribution < 1.29 is 4.79 Å². The minimum absolute atomic E-state index is 0.358. The Bertz CT molecular complexity index is 492. The molecule has 0 aliphatic heterocycles. The monoisotopic (exact) mass is 213 g/mol. The van der Waals surface area contributed by atoms with Crippen LogP contribution < -0.4 is 5.32 Å². The van der Waals surface area contributed by atoms with Crippen molar-refractivity contribution in [1.29, 1.82) is 10.5 Å². The molecule has 0 spiro atoms. The minimum Gasteiger partial charge on any atom is -0.334 e. The zero-order valence-electron chi connectivity index (χ0n) is 9.11. The van der Waals surface area contributed by atoms with Crippen molar-refractivity contribution in [3.8, 4) is 12.1 Å². The van der Waals surface area contributed by atoms with Crippen LogP contribution in [0.1, 0.15) is 29.8 Å². The van der Waals surface area contributed by atoms with Crippen molar-refractivity contribution in [3.63, 3.8) is 0 Å². The van der Waals surface area contributed by atoms with Gasteiger partial charge in [-0.25, -0.2) is 0 Å². The van der Waals surface area contributed by atoms with Crippen LogP contribution in [0.25, 0.3) is 0 Å². The second-order valence-corrected chi connectivity index (χ2v) is 3.88. The first-order valence-electron chi connectivity index (χ1n) is 4.72. The molecule has 0 atom stereocenters. The van der Waals surface area contributed by atoms with Gasteiger partial charge in [-0.05, 0) is 32.0 Å². The molecule has 0 radical (unpaired) electrons. The van der Waals surface area contributed by atoms with Crippen LogP contribution in [-0.4, -0.2) is 11.4 Å². The summed E-state index contributed by atoms with van der Waals surface area (Å²) in [5.41, 5.74) is -0.121. The quantitative estimate of drug-likeness (QED) is 0.810. The lowest BCUT2D eigenvalue weighted by Crippen LogP contribution is -2.42. The van der Waals surface area contributed by atoms with E-state index in [2.05, 4.69) is 5.32 Å². The fourth-order valence-corrected chi connectivity index (χ4v) is 1.11. The minimum atomic E-state index is -0.917. The Kier molecular flexibility index (Phi) is 3.27. The smallest absolute Gasteiger partial charge is 0.252 e. The first-order valence-corrected chi connectivity index (χ1v) is 4.72. The molecule has 0 saturated heterocycles. The van der Waals surface area contributed by atoms with Crippen LogP contribution in [0.15, 0.2) is 24.3 Å².